The molecule has 5 aliphatic rings. The van der Waals surface area contributed by atoms with Gasteiger partial charge in [0.1, 0.15) is 17.0 Å². The van der Waals surface area contributed by atoms with Crippen LogP contribution in [-0.2, 0) is 72.6 Å². The van der Waals surface area contributed by atoms with E-state index in [1.165, 1.54) is 40.7 Å². The molecule has 120 heavy (non-hydrogen) atoms. The number of ketones is 1. The first-order chi connectivity index (χ1) is 55.4. The van der Waals surface area contributed by atoms with Gasteiger partial charge >= 0.3 is 12.2 Å². The zero-order chi connectivity index (χ0) is 89.4. The topological polar surface area (TPSA) is 215 Å². The number of urea groups is 1. The Morgan fingerprint density at radius 3 is 1.27 bits per heavy atom. The van der Waals surface area contributed by atoms with E-state index in [9.17, 15) is 50.1 Å². The summed E-state index contributed by atoms with van der Waals surface area (Å²) >= 11 is 0. The molecule has 4 amide bonds. The summed E-state index contributed by atoms with van der Waals surface area (Å²) < 4.78 is 79.2. The molecule has 8 aromatic rings. The number of sulfone groups is 1. The summed E-state index contributed by atoms with van der Waals surface area (Å²) in [6.07, 6.45) is 10.1. The quantitative estimate of drug-likeness (QED) is 0.0456. The number of ether oxygens (including phenoxy) is 1. The number of nitrogens with one attached hydrogen (secondary N) is 4. The molecular formula is C100H137F3N6O9S2. The van der Waals surface area contributed by atoms with Gasteiger partial charge in [-0.3, -0.25) is 18.6 Å². The van der Waals surface area contributed by atoms with Gasteiger partial charge in [-0.05, 0) is 235 Å². The summed E-state index contributed by atoms with van der Waals surface area (Å²) in [5, 5.41) is 26.2. The second kappa shape index (κ2) is 40.4. The van der Waals surface area contributed by atoms with Crippen molar-refractivity contribution in [2.24, 2.45) is 11.8 Å². The largest absolute Gasteiger partial charge is 0.494 e. The van der Waals surface area contributed by atoms with E-state index in [1.54, 1.807) is 31.5 Å². The van der Waals surface area contributed by atoms with Crippen LogP contribution in [-0.4, -0.2) is 92.9 Å². The fraction of sp³-hybridized carbons (Fsp3) is 0.500. The first-order valence-corrected chi connectivity index (χ1v) is 46.0. The number of rotatable bonds is 16. The SMILES string of the molecule is C=S(=O)(c1cccc(C(C)(C)C)c1)C1CC1.CC(C)(C)c1ccc(CS(=O)(=O)CCC(F)(F)F)cc1.CC(C)(C)c1cccc(C(=O)C2(O)CC2)c1.CC(C)(C)c1cccc(NC(=O)C2CCC2)c1.CC(C)(C)c1cccc(NC(=O)C2CCC2)c1.CC(C)(C)c1cccc(NC(=O)NC2CC2)c1.COc1cc(C(C)(C)C)ccc1-n1cccn1. The maximum absolute atomic E-state index is 12.5. The number of hydrogen-bond donors (Lipinski definition) is 5. The van der Waals surface area contributed by atoms with Gasteiger partial charge in [-0.2, -0.15) is 18.3 Å². The van der Waals surface area contributed by atoms with Crippen LogP contribution in [0.2, 0.25) is 0 Å². The Morgan fingerprint density at radius 2 is 0.892 bits per heavy atom. The smallest absolute Gasteiger partial charge is 0.390 e. The Bertz CT molecular complexity index is 4870. The number of carbonyl (C=O) groups excluding carboxylic acids is 4. The number of amides is 4. The Labute approximate surface area is 716 Å². The molecular weight excluding hydrogens is 1550 g/mol. The third-order valence-corrected chi connectivity index (χ3v) is 26.0. The second-order valence-corrected chi connectivity index (χ2v) is 44.8. The number of aromatic nitrogens is 2. The minimum absolute atomic E-state index is 0.0302. The van der Waals surface area contributed by atoms with Gasteiger partial charge in [-0.15, -0.1) is 0 Å². The normalized spacial score (nSPS) is 15.9. The Kier molecular flexibility index (Phi) is 33.1. The number of Topliss-reactive ketones (excluding diaryl/α,β-unsaturated/α-hetero) is 1. The van der Waals surface area contributed by atoms with Crippen molar-refractivity contribution in [2.45, 2.75) is 300 Å². The Morgan fingerprint density at radius 1 is 0.492 bits per heavy atom. The van der Waals surface area contributed by atoms with Crippen LogP contribution < -0.4 is 26.0 Å². The molecule has 13 rings (SSSR count). The van der Waals surface area contributed by atoms with Gasteiger partial charge in [-0.25, -0.2) is 17.9 Å². The van der Waals surface area contributed by atoms with Gasteiger partial charge in [-0.1, -0.05) is 255 Å². The van der Waals surface area contributed by atoms with E-state index in [-0.39, 0.29) is 79.1 Å². The molecule has 20 heteroatoms. The number of hydrogen-bond acceptors (Lipinski definition) is 10. The Hall–Kier alpha value is -8.85. The number of halogens is 3. The van der Waals surface area contributed by atoms with Gasteiger partial charge in [0.25, 0.3) is 0 Å². The number of anilines is 3. The van der Waals surface area contributed by atoms with Crippen molar-refractivity contribution in [3.8, 4) is 11.4 Å². The molecule has 1 unspecified atom stereocenters. The molecule has 5 aliphatic carbocycles. The second-order valence-electron chi connectivity index (χ2n) is 40.0. The predicted octanol–water partition coefficient (Wildman–Crippen LogP) is 23.7. The average molecular weight is 1690 g/mol. The van der Waals surface area contributed by atoms with Crippen LogP contribution in [0.1, 0.15) is 284 Å². The minimum atomic E-state index is -4.44. The van der Waals surface area contributed by atoms with Gasteiger partial charge in [0.15, 0.2) is 15.6 Å². The van der Waals surface area contributed by atoms with Gasteiger partial charge < -0.3 is 31.1 Å². The molecule has 1 aromatic heterocycles. The first kappa shape index (κ1) is 98.3. The van der Waals surface area contributed by atoms with E-state index in [4.69, 9.17) is 4.74 Å². The zero-order valence-corrected chi connectivity index (χ0v) is 77.1. The number of methoxy groups -OCH3 is 1. The molecule has 0 aliphatic heterocycles. The lowest BCUT2D eigenvalue weighted by Gasteiger charge is -2.25. The molecule has 5 saturated carbocycles. The number of aliphatic hydroxyl groups is 1. The lowest BCUT2D eigenvalue weighted by atomic mass is 9.84. The molecule has 15 nitrogen and oxygen atoms in total. The molecule has 1 atom stereocenters. The lowest BCUT2D eigenvalue weighted by molar-refractivity contribution is -0.130. The maximum Gasteiger partial charge on any atom is 0.390 e. The summed E-state index contributed by atoms with van der Waals surface area (Å²) in [5.74, 6) is 4.31. The van der Waals surface area contributed by atoms with Crippen molar-refractivity contribution in [3.63, 3.8) is 0 Å². The zero-order valence-electron chi connectivity index (χ0n) is 75.5. The number of alkyl halides is 3. The molecule has 7 aromatic carbocycles. The molecule has 0 saturated heterocycles. The molecule has 5 fully saturated rings. The summed E-state index contributed by atoms with van der Waals surface area (Å²) in [5.41, 5.74) is 12.7. The average Bonchev–Trinajstić information content (AvgIpc) is 1.62. The van der Waals surface area contributed by atoms with Crippen molar-refractivity contribution in [2.75, 3.05) is 28.8 Å². The van der Waals surface area contributed by atoms with Gasteiger partial charge in [0.05, 0.1) is 25.0 Å². The van der Waals surface area contributed by atoms with Crippen LogP contribution in [0.5, 0.6) is 5.75 Å². The van der Waals surface area contributed by atoms with Gasteiger partial charge in [0.2, 0.25) is 11.8 Å². The van der Waals surface area contributed by atoms with Crippen molar-refractivity contribution >= 4 is 65.9 Å². The standard InChI is InChI=1S/2C15H21NO.C14H19F3O2S.C14H18N2O.C14H20N2O.C14H18O2.C14H20OS/c2*1-15(2,3)12-8-5-9-13(10-12)16-14(17)11-6-4-7-11;1-13(2,3)12-6-4-11(5-7-12)10-20(18,19)9-8-14(15,16)17;1-14(2,3)11-6-7-12(13(10-11)17-4)16-9-5-8-15-16;1-14(2,3)10-5-4-6-12(9-10)16-13(17)15-11-7-8-11;1-13(2,3)11-6-4-5-10(9-11)12(15)14(16)7-8-14;1-14(2,3)11-6-5-7-13(10-11)16(4,15)12-8-9-12/h2*5,8-11H,4,6-7H2,1-3H3,(H,16,17);4-7H,8-10H2,1-3H3;5-10H,1-4H3;4-6,9,11H,7-8H2,1-3H3,(H2,15,16,17);4-6,9,16H,7-8H2,1-3H3;5-7,10,12H,4,8-9H2,1-3H3. The van der Waals surface area contributed by atoms with E-state index in [2.05, 4.69) is 211 Å². The first-order valence-electron chi connectivity index (χ1n) is 42.3. The summed E-state index contributed by atoms with van der Waals surface area (Å²) in [6, 6.07) is 55.5. The fourth-order valence-electron chi connectivity index (χ4n) is 12.6. The molecule has 0 spiro atoms. The van der Waals surface area contributed by atoms with Gasteiger partial charge in [0, 0.05) is 63.0 Å². The van der Waals surface area contributed by atoms with Crippen LogP contribution in [0.3, 0.4) is 0 Å². The summed E-state index contributed by atoms with van der Waals surface area (Å²) in [7, 11) is -4.10. The fourth-order valence-corrected chi connectivity index (χ4v) is 15.9. The third-order valence-electron chi connectivity index (χ3n) is 21.8. The van der Waals surface area contributed by atoms with E-state index in [0.29, 0.717) is 35.3 Å². The van der Waals surface area contributed by atoms with E-state index < -0.39 is 43.3 Å². The van der Waals surface area contributed by atoms with E-state index in [1.807, 2.05) is 129 Å². The number of carbonyl (C=O) groups is 4. The molecule has 1 heterocycles. The van der Waals surface area contributed by atoms with Crippen LogP contribution in [0.25, 0.3) is 5.69 Å². The van der Waals surface area contributed by atoms with Crippen LogP contribution in [0, 0.1) is 11.8 Å². The highest BCUT2D eigenvalue weighted by atomic mass is 32.2. The summed E-state index contributed by atoms with van der Waals surface area (Å²) in [4.78, 5) is 48.2. The van der Waals surface area contributed by atoms with Crippen molar-refractivity contribution in [1.29, 1.82) is 0 Å². The molecule has 0 radical (unpaired) electrons. The van der Waals surface area contributed by atoms with E-state index in [0.717, 1.165) is 95.9 Å². The van der Waals surface area contributed by atoms with Crippen molar-refractivity contribution in [3.05, 3.63) is 232 Å². The molecule has 0 bridgehead atoms. The van der Waals surface area contributed by atoms with Crippen LogP contribution >= 0.6 is 0 Å². The van der Waals surface area contributed by atoms with Crippen LogP contribution in [0.15, 0.2) is 187 Å². The minimum Gasteiger partial charge on any atom is -0.494 e. The Balaban J connectivity index is 0.000000193. The molecule has 5 N–H and O–H groups in total. The molecule has 654 valence electrons. The predicted molar refractivity (Wildman–Crippen MR) is 490 cm³/mol. The summed E-state index contributed by atoms with van der Waals surface area (Å²) in [6.45, 7) is 45.1. The number of benzene rings is 7. The highest BCUT2D eigenvalue weighted by Crippen LogP contribution is 2.40. The van der Waals surface area contributed by atoms with Crippen molar-refractivity contribution < 1.29 is 54.8 Å². The lowest BCUT2D eigenvalue weighted by Crippen LogP contribution is -2.30. The maximum atomic E-state index is 12.5. The monoisotopic (exact) mass is 1690 g/mol. The number of nitrogens with zero attached hydrogens (tertiary/aromatic N) is 2. The highest BCUT2D eigenvalue weighted by molar-refractivity contribution is 8.01. The highest BCUT2D eigenvalue weighted by Gasteiger charge is 2.48. The third kappa shape index (κ3) is 31.9. The van der Waals surface area contributed by atoms with Crippen molar-refractivity contribution in [1.82, 2.24) is 15.1 Å². The van der Waals surface area contributed by atoms with Crippen LogP contribution in [0.4, 0.5) is 35.0 Å². The van der Waals surface area contributed by atoms with E-state index >= 15 is 0 Å².